The third-order valence-corrected chi connectivity index (χ3v) is 3.49. The van der Waals surface area contributed by atoms with E-state index in [1.807, 2.05) is 37.3 Å². The van der Waals surface area contributed by atoms with Gasteiger partial charge in [0.15, 0.2) is 0 Å². The average molecular weight is 280 g/mol. The molecule has 0 aromatic heterocycles. The van der Waals surface area contributed by atoms with Crippen molar-refractivity contribution in [2.75, 3.05) is 13.4 Å². The molecule has 0 fully saturated rings. The summed E-state index contributed by atoms with van der Waals surface area (Å²) in [6.45, 7) is 5.23. The fourth-order valence-corrected chi connectivity index (χ4v) is 2.11. The molecule has 0 spiro atoms. The van der Waals surface area contributed by atoms with E-state index < -0.39 is 0 Å². The second-order valence-electron chi connectivity index (χ2n) is 5.31. The van der Waals surface area contributed by atoms with Gasteiger partial charge in [-0.05, 0) is 12.0 Å². The average Bonchev–Trinajstić information content (AvgIpc) is 2.50. The Balaban J connectivity index is 2.23. The van der Waals surface area contributed by atoms with Crippen LogP contribution in [0.25, 0.3) is 0 Å². The largest absolute Gasteiger partial charge is 0.396 e. The molecule has 0 amide bonds. The Morgan fingerprint density at radius 3 is 2.55 bits per heavy atom. The summed E-state index contributed by atoms with van der Waals surface area (Å²) >= 11 is 0. The smallest absolute Gasteiger partial charge is 0.147 e. The zero-order valence-corrected chi connectivity index (χ0v) is 12.8. The van der Waals surface area contributed by atoms with Crippen LogP contribution in [0.2, 0.25) is 0 Å². The molecule has 1 aromatic carbocycles. The van der Waals surface area contributed by atoms with Crippen molar-refractivity contribution in [2.24, 2.45) is 5.92 Å². The second-order valence-corrected chi connectivity index (χ2v) is 5.31. The Hall–Kier alpha value is -0.900. The molecule has 3 heteroatoms. The van der Waals surface area contributed by atoms with E-state index in [-0.39, 0.29) is 25.4 Å². The topological polar surface area (TPSA) is 38.7 Å². The van der Waals surface area contributed by atoms with E-state index >= 15 is 0 Å². The summed E-state index contributed by atoms with van der Waals surface area (Å²) in [5, 5.41) is 9.28. The van der Waals surface area contributed by atoms with Crippen LogP contribution in [-0.2, 0) is 16.1 Å². The molecule has 1 aromatic rings. The zero-order chi connectivity index (χ0) is 14.6. The molecular formula is C17H28O3. The number of ether oxygens (including phenoxy) is 2. The van der Waals surface area contributed by atoms with Crippen LogP contribution in [0, 0.1) is 5.92 Å². The van der Waals surface area contributed by atoms with Gasteiger partial charge in [0, 0.05) is 12.5 Å². The Bertz CT molecular complexity index is 326. The lowest BCUT2D eigenvalue weighted by Gasteiger charge is -2.22. The van der Waals surface area contributed by atoms with Crippen LogP contribution < -0.4 is 0 Å². The van der Waals surface area contributed by atoms with Crippen molar-refractivity contribution >= 4 is 0 Å². The minimum absolute atomic E-state index is 0.0855. The first-order valence-electron chi connectivity index (χ1n) is 7.62. The number of aliphatic hydroxyl groups excluding tert-OH is 1. The highest BCUT2D eigenvalue weighted by molar-refractivity contribution is 5.13. The highest BCUT2D eigenvalue weighted by Gasteiger charge is 2.16. The predicted octanol–water partition coefficient (Wildman–Crippen LogP) is 3.75. The van der Waals surface area contributed by atoms with Crippen LogP contribution >= 0.6 is 0 Å². The molecule has 0 bridgehead atoms. The Morgan fingerprint density at radius 1 is 1.15 bits per heavy atom. The number of benzene rings is 1. The standard InChI is InChI=1S/C17H28O3/c1-3-4-6-11-17(15(2)12-18)20-14-19-13-16-9-7-5-8-10-16/h5,7-10,15,17-18H,3-4,6,11-14H2,1-2H3/t15-,17-/m0/s1. The highest BCUT2D eigenvalue weighted by atomic mass is 16.7. The molecule has 0 aliphatic rings. The summed E-state index contributed by atoms with van der Waals surface area (Å²) < 4.78 is 11.3. The van der Waals surface area contributed by atoms with E-state index in [0.29, 0.717) is 6.61 Å². The van der Waals surface area contributed by atoms with Gasteiger partial charge < -0.3 is 14.6 Å². The molecular weight excluding hydrogens is 252 g/mol. The molecule has 0 unspecified atom stereocenters. The molecule has 0 saturated heterocycles. The van der Waals surface area contributed by atoms with Crippen molar-refractivity contribution in [3.05, 3.63) is 35.9 Å². The summed E-state index contributed by atoms with van der Waals surface area (Å²) in [6.07, 6.45) is 4.63. The van der Waals surface area contributed by atoms with Crippen LogP contribution in [0.3, 0.4) is 0 Å². The van der Waals surface area contributed by atoms with Gasteiger partial charge >= 0.3 is 0 Å². The molecule has 114 valence electrons. The predicted molar refractivity (Wildman–Crippen MR) is 81.4 cm³/mol. The van der Waals surface area contributed by atoms with Crippen molar-refractivity contribution in [3.8, 4) is 0 Å². The van der Waals surface area contributed by atoms with Crippen LogP contribution in [0.15, 0.2) is 30.3 Å². The normalized spacial score (nSPS) is 14.2. The van der Waals surface area contributed by atoms with Gasteiger partial charge in [-0.25, -0.2) is 0 Å². The lowest BCUT2D eigenvalue weighted by atomic mass is 10.00. The van der Waals surface area contributed by atoms with Crippen LogP contribution in [0.5, 0.6) is 0 Å². The van der Waals surface area contributed by atoms with Gasteiger partial charge in [-0.1, -0.05) is 63.4 Å². The van der Waals surface area contributed by atoms with Crippen molar-refractivity contribution in [2.45, 2.75) is 52.2 Å². The minimum atomic E-state index is 0.0855. The summed E-state index contributed by atoms with van der Waals surface area (Å²) in [4.78, 5) is 0. The van der Waals surface area contributed by atoms with E-state index in [9.17, 15) is 5.11 Å². The maximum Gasteiger partial charge on any atom is 0.147 e. The molecule has 0 aliphatic carbocycles. The molecule has 0 heterocycles. The van der Waals surface area contributed by atoms with Gasteiger partial charge in [-0.15, -0.1) is 0 Å². The van der Waals surface area contributed by atoms with Gasteiger partial charge in [0.1, 0.15) is 6.79 Å². The van der Waals surface area contributed by atoms with Crippen molar-refractivity contribution in [3.63, 3.8) is 0 Å². The fraction of sp³-hybridized carbons (Fsp3) is 0.647. The van der Waals surface area contributed by atoms with Crippen LogP contribution in [0.4, 0.5) is 0 Å². The minimum Gasteiger partial charge on any atom is -0.396 e. The van der Waals surface area contributed by atoms with Gasteiger partial charge in [-0.3, -0.25) is 0 Å². The Kier molecular flexibility index (Phi) is 9.29. The summed E-state index contributed by atoms with van der Waals surface area (Å²) in [5.74, 6) is 0.159. The van der Waals surface area contributed by atoms with Crippen molar-refractivity contribution in [1.82, 2.24) is 0 Å². The first kappa shape index (κ1) is 17.2. The SMILES string of the molecule is CCCCC[C@H](OCOCc1ccccc1)[C@@H](C)CO. The maximum atomic E-state index is 9.28. The lowest BCUT2D eigenvalue weighted by molar-refractivity contribution is -0.117. The van der Waals surface area contributed by atoms with E-state index in [1.54, 1.807) is 0 Å². The van der Waals surface area contributed by atoms with Gasteiger partial charge in [0.05, 0.1) is 12.7 Å². The van der Waals surface area contributed by atoms with E-state index in [2.05, 4.69) is 6.92 Å². The first-order valence-corrected chi connectivity index (χ1v) is 7.62. The number of hydrogen-bond acceptors (Lipinski definition) is 3. The second kappa shape index (κ2) is 10.8. The third-order valence-electron chi connectivity index (χ3n) is 3.49. The lowest BCUT2D eigenvalue weighted by Crippen LogP contribution is -2.25. The summed E-state index contributed by atoms with van der Waals surface area (Å²) in [7, 11) is 0. The fourth-order valence-electron chi connectivity index (χ4n) is 2.11. The van der Waals surface area contributed by atoms with E-state index in [1.165, 1.54) is 12.8 Å². The molecule has 3 nitrogen and oxygen atoms in total. The quantitative estimate of drug-likeness (QED) is 0.495. The number of unbranched alkanes of at least 4 members (excludes halogenated alkanes) is 2. The maximum absolute atomic E-state index is 9.28. The highest BCUT2D eigenvalue weighted by Crippen LogP contribution is 2.15. The molecule has 1 N–H and O–H groups in total. The first-order chi connectivity index (χ1) is 9.77. The van der Waals surface area contributed by atoms with E-state index in [0.717, 1.165) is 18.4 Å². The molecule has 0 aliphatic heterocycles. The summed E-state index contributed by atoms with van der Waals surface area (Å²) in [5.41, 5.74) is 1.15. The van der Waals surface area contributed by atoms with Gasteiger partial charge in [-0.2, -0.15) is 0 Å². The third kappa shape index (κ3) is 7.04. The molecule has 0 saturated carbocycles. The van der Waals surface area contributed by atoms with E-state index in [4.69, 9.17) is 9.47 Å². The van der Waals surface area contributed by atoms with Crippen molar-refractivity contribution in [1.29, 1.82) is 0 Å². The monoisotopic (exact) mass is 280 g/mol. The molecule has 2 atom stereocenters. The summed E-state index contributed by atoms with van der Waals surface area (Å²) in [6, 6.07) is 10.1. The Labute approximate surface area is 122 Å². The van der Waals surface area contributed by atoms with Crippen LogP contribution in [-0.4, -0.2) is 24.6 Å². The van der Waals surface area contributed by atoms with Crippen LogP contribution in [0.1, 0.15) is 45.1 Å². The number of hydrogen-bond donors (Lipinski definition) is 1. The zero-order valence-electron chi connectivity index (χ0n) is 12.8. The van der Waals surface area contributed by atoms with Gasteiger partial charge in [0.2, 0.25) is 0 Å². The van der Waals surface area contributed by atoms with Gasteiger partial charge in [0.25, 0.3) is 0 Å². The van der Waals surface area contributed by atoms with Crippen molar-refractivity contribution < 1.29 is 14.6 Å². The number of rotatable bonds is 11. The molecule has 0 radical (unpaired) electrons. The molecule has 20 heavy (non-hydrogen) atoms. The molecule has 1 rings (SSSR count). The number of aliphatic hydroxyl groups is 1. The Morgan fingerprint density at radius 2 is 1.90 bits per heavy atom.